The number of rotatable bonds is 4. The number of carbonyl (C=O) groups is 1. The third-order valence-corrected chi connectivity index (χ3v) is 3.66. The predicted molar refractivity (Wildman–Crippen MR) is 80.8 cm³/mol. The van der Waals surface area contributed by atoms with Crippen molar-refractivity contribution < 1.29 is 13.9 Å². The normalized spacial score (nSPS) is 16.4. The van der Waals surface area contributed by atoms with Gasteiger partial charge >= 0.3 is 6.09 Å². The van der Waals surface area contributed by atoms with Crippen LogP contribution in [-0.2, 0) is 10.2 Å². The molecule has 116 valence electrons. The van der Waals surface area contributed by atoms with Crippen molar-refractivity contribution in [1.29, 1.82) is 0 Å². The quantitative estimate of drug-likeness (QED) is 0.892. The number of hydrogen-bond acceptors (Lipinski definition) is 3. The maximum Gasteiger partial charge on any atom is 0.412 e. The van der Waals surface area contributed by atoms with Crippen molar-refractivity contribution in [3.8, 4) is 0 Å². The van der Waals surface area contributed by atoms with Crippen LogP contribution in [0.25, 0.3) is 0 Å². The largest absolute Gasteiger partial charge is 0.444 e. The van der Waals surface area contributed by atoms with Gasteiger partial charge in [-0.05, 0) is 69.7 Å². The highest BCUT2D eigenvalue weighted by Gasteiger charge is 2.44. The fourth-order valence-electron chi connectivity index (χ4n) is 2.53. The van der Waals surface area contributed by atoms with Gasteiger partial charge in [0.15, 0.2) is 0 Å². The monoisotopic (exact) mass is 294 g/mol. The molecule has 0 bridgehead atoms. The van der Waals surface area contributed by atoms with Gasteiger partial charge in [0.2, 0.25) is 0 Å². The number of nitrogens with two attached hydrogens (primary N) is 1. The van der Waals surface area contributed by atoms with Crippen LogP contribution in [0.2, 0.25) is 0 Å². The minimum Gasteiger partial charge on any atom is -0.444 e. The number of anilines is 1. The van der Waals surface area contributed by atoms with Crippen LogP contribution in [0.15, 0.2) is 18.2 Å². The zero-order chi connectivity index (χ0) is 15.7. The second-order valence-electron chi connectivity index (χ2n) is 6.64. The molecule has 0 aliphatic heterocycles. The van der Waals surface area contributed by atoms with Gasteiger partial charge in [-0.2, -0.15) is 0 Å². The lowest BCUT2D eigenvalue weighted by atomic mass is 9.92. The molecule has 1 amide bonds. The van der Waals surface area contributed by atoms with E-state index < -0.39 is 11.7 Å². The van der Waals surface area contributed by atoms with E-state index in [0.29, 0.717) is 17.8 Å². The van der Waals surface area contributed by atoms with E-state index in [0.717, 1.165) is 19.3 Å². The van der Waals surface area contributed by atoms with Gasteiger partial charge in [0.1, 0.15) is 11.4 Å². The topological polar surface area (TPSA) is 64.3 Å². The van der Waals surface area contributed by atoms with E-state index in [9.17, 15) is 9.18 Å². The zero-order valence-electron chi connectivity index (χ0n) is 12.8. The second kappa shape index (κ2) is 5.64. The Labute approximate surface area is 124 Å². The van der Waals surface area contributed by atoms with E-state index in [1.54, 1.807) is 32.9 Å². The van der Waals surface area contributed by atoms with Gasteiger partial charge in [0.25, 0.3) is 0 Å². The summed E-state index contributed by atoms with van der Waals surface area (Å²) in [6.45, 7) is 5.89. The van der Waals surface area contributed by atoms with Crippen molar-refractivity contribution in [2.24, 2.45) is 5.73 Å². The molecule has 0 unspecified atom stereocenters. The van der Waals surface area contributed by atoms with Crippen LogP contribution in [0.4, 0.5) is 14.9 Å². The summed E-state index contributed by atoms with van der Waals surface area (Å²) in [5.41, 5.74) is 6.02. The van der Waals surface area contributed by atoms with Crippen molar-refractivity contribution in [3.05, 3.63) is 29.6 Å². The van der Waals surface area contributed by atoms with Gasteiger partial charge in [-0.25, -0.2) is 9.18 Å². The standard InChI is InChI=1S/C16H23FN2O2/c1-15(2,3)21-14(20)19-11-4-5-12(13(17)10-11)16(6-7-16)8-9-18/h4-5,10H,6-9,18H2,1-3H3,(H,19,20). The highest BCUT2D eigenvalue weighted by atomic mass is 19.1. The average molecular weight is 294 g/mol. The molecule has 1 aliphatic carbocycles. The van der Waals surface area contributed by atoms with E-state index in [-0.39, 0.29) is 11.2 Å². The first-order valence-electron chi connectivity index (χ1n) is 7.26. The summed E-state index contributed by atoms with van der Waals surface area (Å²) in [6.07, 6.45) is 2.15. The van der Waals surface area contributed by atoms with Crippen LogP contribution in [0, 0.1) is 5.82 Å². The molecule has 21 heavy (non-hydrogen) atoms. The van der Waals surface area contributed by atoms with Gasteiger partial charge in [-0.15, -0.1) is 0 Å². The lowest BCUT2D eigenvalue weighted by Crippen LogP contribution is -2.27. The smallest absolute Gasteiger partial charge is 0.412 e. The summed E-state index contributed by atoms with van der Waals surface area (Å²) in [5.74, 6) is -0.297. The Morgan fingerprint density at radius 2 is 2.10 bits per heavy atom. The fourth-order valence-corrected chi connectivity index (χ4v) is 2.53. The van der Waals surface area contributed by atoms with E-state index in [4.69, 9.17) is 10.5 Å². The first kappa shape index (κ1) is 15.8. The van der Waals surface area contributed by atoms with Gasteiger partial charge < -0.3 is 10.5 Å². The maximum absolute atomic E-state index is 14.3. The minimum absolute atomic E-state index is 0.0940. The zero-order valence-corrected chi connectivity index (χ0v) is 12.8. The molecule has 4 nitrogen and oxygen atoms in total. The van der Waals surface area contributed by atoms with Crippen molar-refractivity contribution >= 4 is 11.8 Å². The molecule has 1 aliphatic rings. The first-order valence-corrected chi connectivity index (χ1v) is 7.26. The van der Waals surface area contributed by atoms with Crippen LogP contribution in [0.1, 0.15) is 45.6 Å². The molecular weight excluding hydrogens is 271 g/mol. The van der Waals surface area contributed by atoms with Gasteiger partial charge in [0, 0.05) is 5.69 Å². The highest BCUT2D eigenvalue weighted by molar-refractivity contribution is 5.84. The molecule has 5 heteroatoms. The van der Waals surface area contributed by atoms with Crippen molar-refractivity contribution in [1.82, 2.24) is 0 Å². The summed E-state index contributed by atoms with van der Waals surface area (Å²) < 4.78 is 19.4. The fraction of sp³-hybridized carbons (Fsp3) is 0.562. The van der Waals surface area contributed by atoms with Crippen molar-refractivity contribution in [2.75, 3.05) is 11.9 Å². The van der Waals surface area contributed by atoms with Crippen LogP contribution < -0.4 is 11.1 Å². The van der Waals surface area contributed by atoms with Gasteiger partial charge in [0.05, 0.1) is 0 Å². The summed E-state index contributed by atoms with van der Waals surface area (Å²) >= 11 is 0. The molecule has 1 fully saturated rings. The summed E-state index contributed by atoms with van der Waals surface area (Å²) in [5, 5.41) is 2.54. The summed E-state index contributed by atoms with van der Waals surface area (Å²) in [4.78, 5) is 11.7. The molecule has 1 aromatic rings. The van der Waals surface area contributed by atoms with E-state index in [2.05, 4.69) is 5.32 Å². The van der Waals surface area contributed by atoms with Crippen molar-refractivity contribution in [3.63, 3.8) is 0 Å². The number of benzene rings is 1. The van der Waals surface area contributed by atoms with Gasteiger partial charge in [-0.3, -0.25) is 5.32 Å². The highest BCUT2D eigenvalue weighted by Crippen LogP contribution is 2.51. The molecule has 1 saturated carbocycles. The number of halogens is 1. The maximum atomic E-state index is 14.3. The average Bonchev–Trinajstić information content (AvgIpc) is 3.07. The Kier molecular flexibility index (Phi) is 4.23. The molecule has 0 atom stereocenters. The molecule has 1 aromatic carbocycles. The Morgan fingerprint density at radius 1 is 1.43 bits per heavy atom. The van der Waals surface area contributed by atoms with Gasteiger partial charge in [-0.1, -0.05) is 6.07 Å². The Balaban J connectivity index is 2.08. The molecule has 0 saturated heterocycles. The Morgan fingerprint density at radius 3 is 2.57 bits per heavy atom. The van der Waals surface area contributed by atoms with Crippen LogP contribution >= 0.6 is 0 Å². The van der Waals surface area contributed by atoms with Crippen molar-refractivity contribution in [2.45, 2.75) is 51.0 Å². The number of nitrogens with one attached hydrogen (secondary N) is 1. The second-order valence-corrected chi connectivity index (χ2v) is 6.64. The molecule has 2 rings (SSSR count). The Bertz CT molecular complexity index is 534. The Hall–Kier alpha value is -1.62. The summed E-state index contributed by atoms with van der Waals surface area (Å²) in [6, 6.07) is 4.79. The molecule has 0 spiro atoms. The van der Waals surface area contributed by atoms with Crippen LogP contribution in [-0.4, -0.2) is 18.2 Å². The first-order chi connectivity index (χ1) is 9.76. The van der Waals surface area contributed by atoms with Crippen LogP contribution in [0.3, 0.4) is 0 Å². The summed E-state index contributed by atoms with van der Waals surface area (Å²) in [7, 11) is 0. The molecule has 0 radical (unpaired) electrons. The predicted octanol–water partition coefficient (Wildman–Crippen LogP) is 3.55. The lowest BCUT2D eigenvalue weighted by Gasteiger charge is -2.20. The molecule has 3 N–H and O–H groups in total. The number of carbonyl (C=O) groups excluding carboxylic acids is 1. The van der Waals surface area contributed by atoms with E-state index >= 15 is 0 Å². The lowest BCUT2D eigenvalue weighted by molar-refractivity contribution is 0.0636. The third-order valence-electron chi connectivity index (χ3n) is 3.66. The molecular formula is C16H23FN2O2. The SMILES string of the molecule is CC(C)(C)OC(=O)Nc1ccc(C2(CCN)CC2)c(F)c1. The number of amides is 1. The number of ether oxygens (including phenoxy) is 1. The number of hydrogen-bond donors (Lipinski definition) is 2. The minimum atomic E-state index is -0.585. The van der Waals surface area contributed by atoms with E-state index in [1.165, 1.54) is 6.07 Å². The molecule has 0 aromatic heterocycles. The van der Waals surface area contributed by atoms with Crippen LogP contribution in [0.5, 0.6) is 0 Å². The third kappa shape index (κ3) is 3.94. The molecule has 0 heterocycles. The van der Waals surface area contributed by atoms with E-state index in [1.807, 2.05) is 0 Å².